The summed E-state index contributed by atoms with van der Waals surface area (Å²) in [6.07, 6.45) is 1.61. The number of primary amides is 1. The van der Waals surface area contributed by atoms with Gasteiger partial charge in [0.15, 0.2) is 0 Å². The van der Waals surface area contributed by atoms with Crippen molar-refractivity contribution in [3.8, 4) is 11.6 Å². The number of para-hydroxylation sites is 1. The van der Waals surface area contributed by atoms with Crippen LogP contribution in [0.2, 0.25) is 0 Å². The molecule has 0 spiro atoms. The molecule has 1 heterocycles. The Kier molecular flexibility index (Phi) is 3.77. The van der Waals surface area contributed by atoms with Gasteiger partial charge in [-0.1, -0.05) is 12.1 Å². The Labute approximate surface area is 111 Å². The van der Waals surface area contributed by atoms with E-state index >= 15 is 0 Å². The van der Waals surface area contributed by atoms with Crippen molar-refractivity contribution in [2.75, 3.05) is 0 Å². The Morgan fingerprint density at radius 3 is 2.74 bits per heavy atom. The van der Waals surface area contributed by atoms with E-state index in [0.717, 1.165) is 5.56 Å². The summed E-state index contributed by atoms with van der Waals surface area (Å²) in [4.78, 5) is 15.4. The fraction of sp³-hybridized carbons (Fsp3) is 0.143. The Bertz CT molecular complexity index is 597. The second-order valence-corrected chi connectivity index (χ2v) is 4.18. The summed E-state index contributed by atoms with van der Waals surface area (Å²) < 4.78 is 5.59. The second-order valence-electron chi connectivity index (χ2n) is 4.18. The fourth-order valence-corrected chi connectivity index (χ4v) is 1.64. The Morgan fingerprint density at radius 2 is 2.05 bits per heavy atom. The van der Waals surface area contributed by atoms with Gasteiger partial charge < -0.3 is 16.2 Å². The number of aromatic nitrogens is 1. The van der Waals surface area contributed by atoms with Crippen molar-refractivity contribution >= 4 is 5.91 Å². The first-order chi connectivity index (χ1) is 9.08. The number of nitrogens with two attached hydrogens (primary N) is 2. The second kappa shape index (κ2) is 5.49. The molecule has 98 valence electrons. The normalized spacial score (nSPS) is 11.9. The first-order valence-corrected chi connectivity index (χ1v) is 5.86. The average molecular weight is 257 g/mol. The monoisotopic (exact) mass is 257 g/mol. The van der Waals surface area contributed by atoms with Crippen molar-refractivity contribution in [2.45, 2.75) is 13.0 Å². The summed E-state index contributed by atoms with van der Waals surface area (Å²) in [5.74, 6) is 0.215. The molecule has 0 radical (unpaired) electrons. The van der Waals surface area contributed by atoms with Gasteiger partial charge in [0.1, 0.15) is 5.75 Å². The molecule has 1 amide bonds. The Balaban J connectivity index is 2.31. The Hall–Kier alpha value is -2.40. The van der Waals surface area contributed by atoms with Crippen LogP contribution in [-0.4, -0.2) is 10.9 Å². The summed E-state index contributed by atoms with van der Waals surface area (Å²) in [5, 5.41) is 0. The molecule has 4 N–H and O–H groups in total. The standard InChI is InChI=1S/C14H15N3O2/c1-9(15)10-6-7-17-13(8-10)19-12-5-3-2-4-11(12)14(16)18/h2-9H,15H2,1H3,(H2,16,18)/t9-/m1/s1. The lowest BCUT2D eigenvalue weighted by atomic mass is 10.1. The number of amides is 1. The quantitative estimate of drug-likeness (QED) is 0.876. The summed E-state index contributed by atoms with van der Waals surface area (Å²) in [6, 6.07) is 10.2. The van der Waals surface area contributed by atoms with Gasteiger partial charge in [0.05, 0.1) is 5.56 Å². The molecule has 0 fully saturated rings. The third-order valence-corrected chi connectivity index (χ3v) is 2.65. The maximum Gasteiger partial charge on any atom is 0.252 e. The number of pyridine rings is 1. The van der Waals surface area contributed by atoms with E-state index in [-0.39, 0.29) is 6.04 Å². The number of rotatable bonds is 4. The first-order valence-electron chi connectivity index (χ1n) is 5.86. The molecule has 0 aliphatic heterocycles. The van der Waals surface area contributed by atoms with Crippen LogP contribution in [0.15, 0.2) is 42.6 Å². The highest BCUT2D eigenvalue weighted by atomic mass is 16.5. The maximum atomic E-state index is 11.3. The summed E-state index contributed by atoms with van der Waals surface area (Å²) in [6.45, 7) is 1.87. The molecule has 1 aromatic carbocycles. The maximum absolute atomic E-state index is 11.3. The van der Waals surface area contributed by atoms with Crippen LogP contribution in [0.1, 0.15) is 28.9 Å². The van der Waals surface area contributed by atoms with E-state index in [0.29, 0.717) is 17.2 Å². The van der Waals surface area contributed by atoms with Crippen molar-refractivity contribution in [3.05, 3.63) is 53.7 Å². The molecule has 19 heavy (non-hydrogen) atoms. The molecule has 5 nitrogen and oxygen atoms in total. The van der Waals surface area contributed by atoms with Crippen LogP contribution in [0.4, 0.5) is 0 Å². The largest absolute Gasteiger partial charge is 0.438 e. The molecular formula is C14H15N3O2. The molecule has 1 atom stereocenters. The lowest BCUT2D eigenvalue weighted by Crippen LogP contribution is -2.12. The van der Waals surface area contributed by atoms with Crippen LogP contribution in [-0.2, 0) is 0 Å². The van der Waals surface area contributed by atoms with E-state index in [1.807, 2.05) is 13.0 Å². The molecule has 0 aliphatic rings. The van der Waals surface area contributed by atoms with Gasteiger partial charge in [0.2, 0.25) is 5.88 Å². The van der Waals surface area contributed by atoms with Crippen LogP contribution < -0.4 is 16.2 Å². The number of ether oxygens (including phenoxy) is 1. The number of carbonyl (C=O) groups excluding carboxylic acids is 1. The highest BCUT2D eigenvalue weighted by molar-refractivity contribution is 5.95. The van der Waals surface area contributed by atoms with Crippen molar-refractivity contribution in [2.24, 2.45) is 11.5 Å². The minimum absolute atomic E-state index is 0.114. The molecule has 1 aromatic heterocycles. The highest BCUT2D eigenvalue weighted by Crippen LogP contribution is 2.24. The molecule has 0 saturated heterocycles. The number of hydrogen-bond donors (Lipinski definition) is 2. The van der Waals surface area contributed by atoms with E-state index in [9.17, 15) is 4.79 Å². The Morgan fingerprint density at radius 1 is 1.32 bits per heavy atom. The number of nitrogens with zero attached hydrogens (tertiary/aromatic N) is 1. The minimum atomic E-state index is -0.543. The van der Waals surface area contributed by atoms with Crippen molar-refractivity contribution in [1.82, 2.24) is 4.98 Å². The molecule has 0 unspecified atom stereocenters. The van der Waals surface area contributed by atoms with Crippen LogP contribution in [0.5, 0.6) is 11.6 Å². The smallest absolute Gasteiger partial charge is 0.252 e. The minimum Gasteiger partial charge on any atom is -0.438 e. The van der Waals surface area contributed by atoms with Gasteiger partial charge in [-0.15, -0.1) is 0 Å². The lowest BCUT2D eigenvalue weighted by Gasteiger charge is -2.10. The van der Waals surface area contributed by atoms with Gasteiger partial charge in [-0.2, -0.15) is 0 Å². The van der Waals surface area contributed by atoms with Crippen LogP contribution in [0.3, 0.4) is 0 Å². The van der Waals surface area contributed by atoms with Gasteiger partial charge in [-0.25, -0.2) is 4.98 Å². The molecule has 2 rings (SSSR count). The summed E-state index contributed by atoms with van der Waals surface area (Å²) in [5.41, 5.74) is 12.3. The summed E-state index contributed by atoms with van der Waals surface area (Å²) in [7, 11) is 0. The topological polar surface area (TPSA) is 91.2 Å². The van der Waals surface area contributed by atoms with Crippen LogP contribution in [0.25, 0.3) is 0 Å². The zero-order valence-electron chi connectivity index (χ0n) is 10.5. The van der Waals surface area contributed by atoms with Gasteiger partial charge in [-0.05, 0) is 30.7 Å². The van der Waals surface area contributed by atoms with E-state index in [1.165, 1.54) is 0 Å². The zero-order chi connectivity index (χ0) is 13.8. The van der Waals surface area contributed by atoms with Crippen molar-refractivity contribution < 1.29 is 9.53 Å². The number of carbonyl (C=O) groups is 1. The predicted molar refractivity (Wildman–Crippen MR) is 71.9 cm³/mol. The van der Waals surface area contributed by atoms with Crippen LogP contribution in [0, 0.1) is 0 Å². The van der Waals surface area contributed by atoms with Gasteiger partial charge in [0, 0.05) is 18.3 Å². The van der Waals surface area contributed by atoms with Gasteiger partial charge >= 0.3 is 0 Å². The van der Waals surface area contributed by atoms with Crippen molar-refractivity contribution in [1.29, 1.82) is 0 Å². The predicted octanol–water partition coefficient (Wildman–Crippen LogP) is 1.99. The molecule has 2 aromatic rings. The van der Waals surface area contributed by atoms with Crippen LogP contribution >= 0.6 is 0 Å². The lowest BCUT2D eigenvalue weighted by molar-refractivity contribution is 0.0998. The molecule has 5 heteroatoms. The van der Waals surface area contributed by atoms with E-state index in [1.54, 1.807) is 36.5 Å². The third kappa shape index (κ3) is 3.08. The van der Waals surface area contributed by atoms with Gasteiger partial charge in [-0.3, -0.25) is 4.79 Å². The molecule has 0 saturated carbocycles. The zero-order valence-corrected chi connectivity index (χ0v) is 10.5. The van der Waals surface area contributed by atoms with Crippen molar-refractivity contribution in [3.63, 3.8) is 0 Å². The van der Waals surface area contributed by atoms with E-state index < -0.39 is 5.91 Å². The first kappa shape index (κ1) is 13.0. The number of benzene rings is 1. The molecule has 0 bridgehead atoms. The van der Waals surface area contributed by atoms with E-state index in [2.05, 4.69) is 4.98 Å². The fourth-order valence-electron chi connectivity index (χ4n) is 1.64. The summed E-state index contributed by atoms with van der Waals surface area (Å²) >= 11 is 0. The van der Waals surface area contributed by atoms with Gasteiger partial charge in [0.25, 0.3) is 5.91 Å². The van der Waals surface area contributed by atoms with E-state index in [4.69, 9.17) is 16.2 Å². The number of hydrogen-bond acceptors (Lipinski definition) is 4. The average Bonchev–Trinajstić information content (AvgIpc) is 2.39. The molecular weight excluding hydrogens is 242 g/mol. The highest BCUT2D eigenvalue weighted by Gasteiger charge is 2.10. The SMILES string of the molecule is C[C@@H](N)c1ccnc(Oc2ccccc2C(N)=O)c1. The third-order valence-electron chi connectivity index (χ3n) is 2.65. The molecule has 0 aliphatic carbocycles.